The second kappa shape index (κ2) is 9.11. The van der Waals surface area contributed by atoms with Crippen LogP contribution < -0.4 is 16.2 Å². The summed E-state index contributed by atoms with van der Waals surface area (Å²) in [5.74, 6) is -0.694. The summed E-state index contributed by atoms with van der Waals surface area (Å²) in [7, 11) is -7.93. The van der Waals surface area contributed by atoms with E-state index in [1.807, 2.05) is 0 Å². The number of primary sulfonamides is 1. The van der Waals surface area contributed by atoms with Gasteiger partial charge in [-0.2, -0.15) is 4.31 Å². The zero-order chi connectivity index (χ0) is 18.7. The topological polar surface area (TPSA) is 153 Å². The van der Waals surface area contributed by atoms with E-state index in [1.54, 1.807) is 0 Å². The van der Waals surface area contributed by atoms with E-state index >= 15 is 0 Å². The van der Waals surface area contributed by atoms with Crippen molar-refractivity contribution in [2.75, 3.05) is 26.2 Å². The summed E-state index contributed by atoms with van der Waals surface area (Å²) >= 11 is 0. The second-order valence-corrected chi connectivity index (χ2v) is 9.30. The molecule has 1 amide bonds. The number of rotatable bonds is 6. The molecule has 1 atom stereocenters. The number of nitrogens with zero attached hydrogens (tertiary/aromatic N) is 1. The molecule has 1 saturated heterocycles. The van der Waals surface area contributed by atoms with E-state index in [-0.39, 0.29) is 41.2 Å². The van der Waals surface area contributed by atoms with Gasteiger partial charge in [-0.25, -0.2) is 22.0 Å². The molecule has 0 aromatic heterocycles. The highest BCUT2D eigenvalue weighted by Crippen LogP contribution is 2.25. The zero-order valence-electron chi connectivity index (χ0n) is 14.0. The number of nitrogens with one attached hydrogen (secondary N) is 1. The van der Waals surface area contributed by atoms with Crippen LogP contribution in [0.2, 0.25) is 0 Å². The Balaban J connectivity index is 0.00000338. The van der Waals surface area contributed by atoms with Crippen LogP contribution >= 0.6 is 12.4 Å². The van der Waals surface area contributed by atoms with E-state index in [4.69, 9.17) is 10.9 Å². The van der Waals surface area contributed by atoms with Crippen LogP contribution in [0.25, 0.3) is 0 Å². The minimum atomic E-state index is -4.01. The molecule has 148 valence electrons. The molecule has 9 nitrogen and oxygen atoms in total. The molecular weight excluding hydrogens is 404 g/mol. The Hall–Kier alpha value is -1.24. The van der Waals surface area contributed by atoms with Crippen LogP contribution in [-0.2, 0) is 24.8 Å². The van der Waals surface area contributed by atoms with Crippen molar-refractivity contribution in [2.24, 2.45) is 16.8 Å². The van der Waals surface area contributed by atoms with E-state index in [2.05, 4.69) is 5.32 Å². The summed E-state index contributed by atoms with van der Waals surface area (Å²) in [5.41, 5.74) is 5.35. The van der Waals surface area contributed by atoms with Crippen molar-refractivity contribution in [3.8, 4) is 0 Å². The molecule has 0 spiro atoms. The van der Waals surface area contributed by atoms with Crippen molar-refractivity contribution in [3.05, 3.63) is 24.3 Å². The molecule has 0 bridgehead atoms. The maximum atomic E-state index is 12.8. The van der Waals surface area contributed by atoms with Crippen LogP contribution in [0, 0.1) is 5.92 Å². The lowest BCUT2D eigenvalue weighted by Gasteiger charge is -2.31. The van der Waals surface area contributed by atoms with Crippen molar-refractivity contribution >= 4 is 38.4 Å². The highest BCUT2D eigenvalue weighted by Gasteiger charge is 2.33. The first kappa shape index (κ1) is 22.8. The van der Waals surface area contributed by atoms with Gasteiger partial charge in [-0.3, -0.25) is 4.79 Å². The van der Waals surface area contributed by atoms with Gasteiger partial charge in [0, 0.05) is 26.2 Å². The predicted molar refractivity (Wildman–Crippen MR) is 98.6 cm³/mol. The lowest BCUT2D eigenvalue weighted by atomic mass is 9.99. The third-order valence-corrected chi connectivity index (χ3v) is 6.74. The average Bonchev–Trinajstić information content (AvgIpc) is 2.59. The molecule has 12 heteroatoms. The first-order valence-corrected chi connectivity index (χ1v) is 10.8. The van der Waals surface area contributed by atoms with Crippen LogP contribution in [0.1, 0.15) is 12.8 Å². The molecule has 1 unspecified atom stereocenters. The van der Waals surface area contributed by atoms with Gasteiger partial charge in [-0.05, 0) is 31.0 Å². The van der Waals surface area contributed by atoms with Gasteiger partial charge in [0.15, 0.2) is 0 Å². The Kier molecular flexibility index (Phi) is 7.99. The SMILES string of the molecule is Cl.NCCNC(=O)C1CCCN(S(=O)(=O)c2cccc(S(N)(=O)=O)c2)C1. The second-order valence-electron chi connectivity index (χ2n) is 5.80. The fourth-order valence-electron chi connectivity index (χ4n) is 2.68. The number of benzene rings is 1. The van der Waals surface area contributed by atoms with Crippen molar-refractivity contribution in [1.29, 1.82) is 0 Å². The monoisotopic (exact) mass is 426 g/mol. The number of amides is 1. The molecule has 1 heterocycles. The number of hydrogen-bond donors (Lipinski definition) is 3. The summed E-state index contributed by atoms with van der Waals surface area (Å²) in [6.45, 7) is 0.945. The number of hydrogen-bond acceptors (Lipinski definition) is 6. The third kappa shape index (κ3) is 5.38. The van der Waals surface area contributed by atoms with E-state index in [0.29, 0.717) is 25.9 Å². The fraction of sp³-hybridized carbons (Fsp3) is 0.500. The van der Waals surface area contributed by atoms with Crippen molar-refractivity contribution in [3.63, 3.8) is 0 Å². The van der Waals surface area contributed by atoms with Crippen LogP contribution in [0.3, 0.4) is 0 Å². The van der Waals surface area contributed by atoms with Crippen LogP contribution in [-0.4, -0.2) is 53.2 Å². The lowest BCUT2D eigenvalue weighted by Crippen LogP contribution is -2.46. The predicted octanol–water partition coefficient (Wildman–Crippen LogP) is -0.769. The molecule has 0 radical (unpaired) electrons. The number of piperidine rings is 1. The molecule has 1 aromatic carbocycles. The van der Waals surface area contributed by atoms with Gasteiger partial charge in [-0.15, -0.1) is 12.4 Å². The van der Waals surface area contributed by atoms with Gasteiger partial charge in [0.1, 0.15) is 0 Å². The molecular formula is C14H23ClN4O5S2. The quantitative estimate of drug-likeness (QED) is 0.543. The van der Waals surface area contributed by atoms with Gasteiger partial charge in [0.25, 0.3) is 0 Å². The van der Waals surface area contributed by atoms with Gasteiger partial charge in [-0.1, -0.05) is 6.07 Å². The number of halogens is 1. The van der Waals surface area contributed by atoms with Gasteiger partial charge in [0.05, 0.1) is 15.7 Å². The van der Waals surface area contributed by atoms with Crippen molar-refractivity contribution in [2.45, 2.75) is 22.6 Å². The normalized spacial score (nSPS) is 18.8. The summed E-state index contributed by atoms with van der Waals surface area (Å²) in [6.07, 6.45) is 1.12. The molecule has 1 aromatic rings. The Morgan fingerprint density at radius 3 is 2.50 bits per heavy atom. The first-order chi connectivity index (χ1) is 11.7. The van der Waals surface area contributed by atoms with Crippen LogP contribution in [0.15, 0.2) is 34.1 Å². The van der Waals surface area contributed by atoms with Crippen molar-refractivity contribution < 1.29 is 21.6 Å². The summed E-state index contributed by atoms with van der Waals surface area (Å²) in [5, 5.41) is 7.72. The third-order valence-electron chi connectivity index (χ3n) is 3.97. The van der Waals surface area contributed by atoms with Gasteiger partial charge < -0.3 is 11.1 Å². The summed E-state index contributed by atoms with van der Waals surface area (Å²) in [6, 6.07) is 4.89. The van der Waals surface area contributed by atoms with Gasteiger partial charge in [0.2, 0.25) is 26.0 Å². The fourth-order valence-corrected chi connectivity index (χ4v) is 4.88. The highest BCUT2D eigenvalue weighted by molar-refractivity contribution is 7.90. The summed E-state index contributed by atoms with van der Waals surface area (Å²) in [4.78, 5) is 11.6. The van der Waals surface area contributed by atoms with Crippen molar-refractivity contribution in [1.82, 2.24) is 9.62 Å². The Morgan fingerprint density at radius 1 is 1.23 bits per heavy atom. The standard InChI is InChI=1S/C14H22N4O5S2.ClH/c15-6-7-17-14(19)11-3-2-8-18(10-11)25(22,23)13-5-1-4-12(9-13)24(16,20)21;/h1,4-5,9,11H,2-3,6-8,10,15H2,(H,17,19)(H2,16,20,21);1H. The lowest BCUT2D eigenvalue weighted by molar-refractivity contribution is -0.126. The molecule has 5 N–H and O–H groups in total. The minimum absolute atomic E-state index is 0. The van der Waals surface area contributed by atoms with E-state index < -0.39 is 26.0 Å². The maximum absolute atomic E-state index is 12.8. The maximum Gasteiger partial charge on any atom is 0.243 e. The Labute approximate surface area is 159 Å². The Bertz CT molecular complexity index is 845. The number of nitrogens with two attached hydrogens (primary N) is 2. The molecule has 1 fully saturated rings. The van der Waals surface area contributed by atoms with E-state index in [9.17, 15) is 21.6 Å². The molecule has 26 heavy (non-hydrogen) atoms. The molecule has 2 rings (SSSR count). The van der Waals surface area contributed by atoms with E-state index in [0.717, 1.165) is 6.07 Å². The Morgan fingerprint density at radius 2 is 1.88 bits per heavy atom. The largest absolute Gasteiger partial charge is 0.355 e. The van der Waals surface area contributed by atoms with Gasteiger partial charge >= 0.3 is 0 Å². The number of sulfonamides is 2. The zero-order valence-corrected chi connectivity index (χ0v) is 16.4. The average molecular weight is 427 g/mol. The number of carbonyl (C=O) groups is 1. The highest BCUT2D eigenvalue weighted by atomic mass is 35.5. The first-order valence-electron chi connectivity index (χ1n) is 7.77. The molecule has 1 aliphatic rings. The van der Waals surface area contributed by atoms with E-state index in [1.165, 1.54) is 22.5 Å². The number of carbonyl (C=O) groups excluding carboxylic acids is 1. The molecule has 1 aliphatic heterocycles. The smallest absolute Gasteiger partial charge is 0.243 e. The molecule has 0 saturated carbocycles. The molecule has 0 aliphatic carbocycles. The van der Waals surface area contributed by atoms with Crippen LogP contribution in [0.5, 0.6) is 0 Å². The van der Waals surface area contributed by atoms with Crippen LogP contribution in [0.4, 0.5) is 0 Å². The minimum Gasteiger partial charge on any atom is -0.355 e. The summed E-state index contributed by atoms with van der Waals surface area (Å²) < 4.78 is 49.6.